The summed E-state index contributed by atoms with van der Waals surface area (Å²) in [7, 11) is 0. The first kappa shape index (κ1) is 14.0. The molecule has 0 radical (unpaired) electrons. The van der Waals surface area contributed by atoms with Crippen LogP contribution in [0, 0.1) is 17.3 Å². The SMILES string of the molecule is CC(C)C12OC1C1OC13C1(C)CCC(O)CC1CC1OC13C2O. The molecule has 3 aliphatic carbocycles. The predicted octanol–water partition coefficient (Wildman–Crippen LogP) is 1.00. The normalized spacial score (nSPS) is 70.7. The van der Waals surface area contributed by atoms with E-state index in [4.69, 9.17) is 14.2 Å². The molecular weight excluding hydrogens is 296 g/mol. The summed E-state index contributed by atoms with van der Waals surface area (Å²) in [5.41, 5.74) is -1.47. The van der Waals surface area contributed by atoms with Crippen molar-refractivity contribution in [3.8, 4) is 0 Å². The summed E-state index contributed by atoms with van der Waals surface area (Å²) in [5, 5.41) is 21.4. The van der Waals surface area contributed by atoms with E-state index in [-0.39, 0.29) is 35.7 Å². The lowest BCUT2D eigenvalue weighted by Crippen LogP contribution is -2.69. The van der Waals surface area contributed by atoms with Gasteiger partial charge in [-0.05, 0) is 37.5 Å². The zero-order valence-corrected chi connectivity index (χ0v) is 14.0. The van der Waals surface area contributed by atoms with Gasteiger partial charge in [0.05, 0.1) is 12.2 Å². The Kier molecular flexibility index (Phi) is 2.14. The average Bonchev–Trinajstić information content (AvgIpc) is 3.36. The van der Waals surface area contributed by atoms with Crippen LogP contribution in [0.2, 0.25) is 0 Å². The molecule has 3 heterocycles. The highest BCUT2D eigenvalue weighted by Crippen LogP contribution is 2.82. The minimum absolute atomic E-state index is 0.00963. The van der Waals surface area contributed by atoms with Gasteiger partial charge >= 0.3 is 0 Å². The third-order valence-electron chi connectivity index (χ3n) is 8.53. The van der Waals surface area contributed by atoms with Crippen molar-refractivity contribution in [1.29, 1.82) is 0 Å². The number of hydrogen-bond donors (Lipinski definition) is 2. The van der Waals surface area contributed by atoms with Crippen LogP contribution in [-0.2, 0) is 14.2 Å². The van der Waals surface area contributed by atoms with E-state index in [0.717, 1.165) is 25.7 Å². The second kappa shape index (κ2) is 3.51. The number of ether oxygens (including phenoxy) is 3. The van der Waals surface area contributed by atoms with Crippen LogP contribution in [-0.4, -0.2) is 57.5 Å². The van der Waals surface area contributed by atoms with Gasteiger partial charge in [0.25, 0.3) is 0 Å². The van der Waals surface area contributed by atoms with Gasteiger partial charge < -0.3 is 24.4 Å². The average molecular weight is 322 g/mol. The van der Waals surface area contributed by atoms with Gasteiger partial charge in [0.15, 0.2) is 5.60 Å². The van der Waals surface area contributed by atoms with E-state index in [1.54, 1.807) is 0 Å². The van der Waals surface area contributed by atoms with Crippen molar-refractivity contribution in [2.75, 3.05) is 0 Å². The van der Waals surface area contributed by atoms with Crippen molar-refractivity contribution in [3.63, 3.8) is 0 Å². The van der Waals surface area contributed by atoms with Crippen molar-refractivity contribution >= 4 is 0 Å². The zero-order valence-electron chi connectivity index (χ0n) is 14.0. The molecule has 6 fully saturated rings. The lowest BCUT2D eigenvalue weighted by molar-refractivity contribution is -0.121. The minimum Gasteiger partial charge on any atom is -0.393 e. The molecule has 3 saturated carbocycles. The number of epoxide rings is 3. The van der Waals surface area contributed by atoms with Crippen LogP contribution >= 0.6 is 0 Å². The Labute approximate surface area is 136 Å². The van der Waals surface area contributed by atoms with E-state index in [1.807, 2.05) is 0 Å². The van der Waals surface area contributed by atoms with E-state index >= 15 is 0 Å². The Balaban J connectivity index is 1.48. The van der Waals surface area contributed by atoms with E-state index < -0.39 is 22.9 Å². The molecule has 10 unspecified atom stereocenters. The number of hydrogen-bond acceptors (Lipinski definition) is 5. The lowest BCUT2D eigenvalue weighted by atomic mass is 9.47. The summed E-state index contributed by atoms with van der Waals surface area (Å²) in [6.07, 6.45) is 2.86. The molecule has 5 heteroatoms. The van der Waals surface area contributed by atoms with Gasteiger partial charge in [-0.2, -0.15) is 0 Å². The number of aliphatic hydroxyl groups is 2. The molecule has 0 aromatic rings. The molecule has 3 saturated heterocycles. The number of rotatable bonds is 1. The molecule has 128 valence electrons. The Hall–Kier alpha value is -0.200. The van der Waals surface area contributed by atoms with E-state index in [2.05, 4.69) is 20.8 Å². The number of aliphatic hydroxyl groups excluding tert-OH is 2. The van der Waals surface area contributed by atoms with Gasteiger partial charge in [0, 0.05) is 5.41 Å². The molecule has 0 bridgehead atoms. The molecule has 0 aromatic carbocycles. The summed E-state index contributed by atoms with van der Waals surface area (Å²) in [6.45, 7) is 6.55. The first-order valence-electron chi connectivity index (χ1n) is 9.24. The highest BCUT2D eigenvalue weighted by atomic mass is 16.7. The smallest absolute Gasteiger partial charge is 0.155 e. The molecule has 6 rings (SSSR count). The van der Waals surface area contributed by atoms with Crippen molar-refractivity contribution in [3.05, 3.63) is 0 Å². The van der Waals surface area contributed by atoms with Crippen LogP contribution in [0.1, 0.15) is 46.5 Å². The molecule has 23 heavy (non-hydrogen) atoms. The second-order valence-corrected chi connectivity index (χ2v) is 9.40. The fourth-order valence-electron chi connectivity index (χ4n) is 7.16. The van der Waals surface area contributed by atoms with Crippen LogP contribution in [0.3, 0.4) is 0 Å². The standard InChI is InChI=1S/C18H26O5/c1-8(2)16-12(22-16)13-18(23-13)15(3)5-4-10(19)6-9(15)7-11-17(18,21-11)14(16)20/h8-14,19-20H,4-7H2,1-3H3. The zero-order chi connectivity index (χ0) is 16.0. The van der Waals surface area contributed by atoms with Gasteiger partial charge in [0.1, 0.15) is 29.5 Å². The van der Waals surface area contributed by atoms with E-state index in [1.165, 1.54) is 0 Å². The third kappa shape index (κ3) is 1.13. The molecule has 10 atom stereocenters. The summed E-state index contributed by atoms with van der Waals surface area (Å²) < 4.78 is 18.8. The topological polar surface area (TPSA) is 78.0 Å². The molecular formula is C18H26O5. The van der Waals surface area contributed by atoms with Crippen LogP contribution < -0.4 is 0 Å². The van der Waals surface area contributed by atoms with Gasteiger partial charge in [-0.15, -0.1) is 0 Å². The van der Waals surface area contributed by atoms with Crippen molar-refractivity contribution < 1.29 is 24.4 Å². The molecule has 2 N–H and O–H groups in total. The first-order valence-corrected chi connectivity index (χ1v) is 9.24. The van der Waals surface area contributed by atoms with Gasteiger partial charge in [-0.1, -0.05) is 20.8 Å². The highest BCUT2D eigenvalue weighted by molar-refractivity contribution is 5.47. The largest absolute Gasteiger partial charge is 0.393 e. The monoisotopic (exact) mass is 322 g/mol. The van der Waals surface area contributed by atoms with Crippen molar-refractivity contribution in [2.24, 2.45) is 17.3 Å². The highest BCUT2D eigenvalue weighted by Gasteiger charge is 3.00. The van der Waals surface area contributed by atoms with Gasteiger partial charge in [0.2, 0.25) is 0 Å². The quantitative estimate of drug-likeness (QED) is 0.704. The Morgan fingerprint density at radius 3 is 2.57 bits per heavy atom. The molecule has 0 aromatic heterocycles. The third-order valence-corrected chi connectivity index (χ3v) is 8.53. The van der Waals surface area contributed by atoms with E-state index in [9.17, 15) is 10.2 Å². The molecule has 2 spiro atoms. The fraction of sp³-hybridized carbons (Fsp3) is 1.00. The summed E-state index contributed by atoms with van der Waals surface area (Å²) >= 11 is 0. The predicted molar refractivity (Wildman–Crippen MR) is 79.7 cm³/mol. The maximum absolute atomic E-state index is 11.3. The Bertz CT molecular complexity index is 608. The maximum atomic E-state index is 11.3. The maximum Gasteiger partial charge on any atom is 0.155 e. The minimum atomic E-state index is -0.603. The van der Waals surface area contributed by atoms with Gasteiger partial charge in [-0.3, -0.25) is 0 Å². The molecule has 6 aliphatic rings. The second-order valence-electron chi connectivity index (χ2n) is 9.40. The summed E-state index contributed by atoms with van der Waals surface area (Å²) in [4.78, 5) is 0. The Morgan fingerprint density at radius 1 is 1.04 bits per heavy atom. The number of fused-ring (bicyclic) bond motifs is 3. The molecule has 0 amide bonds. The summed E-state index contributed by atoms with van der Waals surface area (Å²) in [5.74, 6) is 0.664. The molecule has 3 aliphatic heterocycles. The van der Waals surface area contributed by atoms with E-state index in [0.29, 0.717) is 5.92 Å². The Morgan fingerprint density at radius 2 is 1.83 bits per heavy atom. The van der Waals surface area contributed by atoms with Crippen molar-refractivity contribution in [1.82, 2.24) is 0 Å². The van der Waals surface area contributed by atoms with Crippen molar-refractivity contribution in [2.45, 2.75) is 93.8 Å². The first-order chi connectivity index (χ1) is 10.8. The van der Waals surface area contributed by atoms with Crippen LogP contribution in [0.4, 0.5) is 0 Å². The summed E-state index contributed by atoms with van der Waals surface area (Å²) in [6, 6.07) is 0. The van der Waals surface area contributed by atoms with Crippen LogP contribution in [0.5, 0.6) is 0 Å². The fourth-order valence-corrected chi connectivity index (χ4v) is 7.16. The lowest BCUT2D eigenvalue weighted by Gasteiger charge is -2.54. The van der Waals surface area contributed by atoms with Gasteiger partial charge in [-0.25, -0.2) is 0 Å². The van der Waals surface area contributed by atoms with Crippen LogP contribution in [0.15, 0.2) is 0 Å². The molecule has 5 nitrogen and oxygen atoms in total. The van der Waals surface area contributed by atoms with Crippen LogP contribution in [0.25, 0.3) is 0 Å².